The smallest absolute Gasteiger partial charge is 0.147 e. The maximum Gasteiger partial charge on any atom is 1.00 e. The molecule has 0 N–H and O–H groups in total. The Morgan fingerprint density at radius 1 is 0.0187 bits per heavy atom. The number of halogens is 8. The van der Waals surface area contributed by atoms with Crippen molar-refractivity contribution in [3.8, 4) is 0 Å². The van der Waals surface area contributed by atoms with Crippen LogP contribution in [0.3, 0.4) is 0 Å². The standard InChI is InChI=1S/8ClH.99K/h8*1H;;;;;;;;;;;;;;;;;;;;;;;;;;;;;;;;;;;;;;;;;;;;;;;;;;;;;;;;;;;;;;;;;;;;;;;;;;;;;;;;;;;;;;;;;;;;;;;;;;;/q;;;;;;;;99*+1. The van der Waals surface area contributed by atoms with Crippen molar-refractivity contribution in [2.45, 2.75) is 0 Å². The van der Waals surface area contributed by atoms with E-state index in [0.717, 1.165) is 0 Å². The molecule has 0 aromatic heterocycles. The van der Waals surface area contributed by atoms with Crippen molar-refractivity contribution < 1.29 is 5090 Å². The van der Waals surface area contributed by atoms with Crippen LogP contribution in [0, 0.1) is 0 Å². The summed E-state index contributed by atoms with van der Waals surface area (Å²) in [6.07, 6.45) is 0. The molecule has 0 atom stereocenters. The molecule has 64 valence electrons. The average molecular weight is 4160 g/mol. The van der Waals surface area contributed by atoms with Crippen molar-refractivity contribution >= 4 is 99.3 Å². The van der Waals surface area contributed by atoms with E-state index < -0.39 is 0 Å². The summed E-state index contributed by atoms with van der Waals surface area (Å²) < 4.78 is 0. The van der Waals surface area contributed by atoms with E-state index in [-0.39, 0.29) is 5190 Å². The van der Waals surface area contributed by atoms with E-state index in [1.165, 1.54) is 0 Å². The van der Waals surface area contributed by atoms with Gasteiger partial charge in [0.05, 0.1) is 0 Å². The first-order chi connectivity index (χ1) is 0. The van der Waals surface area contributed by atoms with E-state index in [4.69, 9.17) is 0 Å². The molecule has 0 aromatic rings. The van der Waals surface area contributed by atoms with Gasteiger partial charge in [0.15, 0.2) is 0 Å². The molecule has 0 aliphatic heterocycles. The summed E-state index contributed by atoms with van der Waals surface area (Å²) >= 11 is 0. The fraction of sp³-hybridized carbons (Fsp3) is 0. The zero-order valence-corrected chi connectivity index (χ0v) is 418. The van der Waals surface area contributed by atoms with Crippen LogP contribution in [0.1, 0.15) is 0 Å². The zero-order valence-electron chi connectivity index (χ0n) is 102. The Bertz CT molecular complexity index is 41.0. The van der Waals surface area contributed by atoms with E-state index in [0.29, 0.717) is 0 Å². The molecule has 0 nitrogen and oxygen atoms in total. The molecule has 0 rings (SSSR count). The summed E-state index contributed by atoms with van der Waals surface area (Å²) in [5.41, 5.74) is 0. The van der Waals surface area contributed by atoms with E-state index in [1.54, 1.807) is 0 Å². The quantitative estimate of drug-likeness (QED) is 0.212. The Morgan fingerprint density at radius 2 is 0.0187 bits per heavy atom. The van der Waals surface area contributed by atoms with Gasteiger partial charge in [0, 0.05) is 0 Å². The largest absolute Gasteiger partial charge is 1.00 e. The molecule has 0 spiro atoms. The van der Waals surface area contributed by atoms with Gasteiger partial charge in [0.25, 0.3) is 0 Å². The van der Waals surface area contributed by atoms with Crippen molar-refractivity contribution in [3.05, 3.63) is 0 Å². The molecular weight excluding hydrogens is 4150 g/mol. The van der Waals surface area contributed by atoms with Gasteiger partial charge in [-0.15, -0.1) is 99.3 Å². The van der Waals surface area contributed by atoms with Crippen LogP contribution in [0.2, 0.25) is 0 Å². The predicted molar refractivity (Wildman–Crippen MR) is 58.0 cm³/mol. The molecule has 107 heteroatoms. The minimum atomic E-state index is 0. The molecule has 0 saturated carbocycles. The molecule has 0 amide bonds. The van der Waals surface area contributed by atoms with Crippen molar-refractivity contribution in [1.82, 2.24) is 0 Å². The minimum absolute atomic E-state index is 0. The summed E-state index contributed by atoms with van der Waals surface area (Å²) in [5.74, 6) is 0. The average Bonchev–Trinajstić information content (AvgIpc) is 0. The van der Waals surface area contributed by atoms with E-state index in [1.807, 2.05) is 0 Å². The van der Waals surface area contributed by atoms with E-state index in [2.05, 4.69) is 0 Å². The SMILES string of the molecule is Cl.Cl.Cl.Cl.Cl.Cl.Cl.Cl.[K+].[K+].[K+].[K+].[K+].[K+].[K+].[K+].[K+].[K+].[K+].[K+].[K+].[K+].[K+].[K+].[K+].[K+].[K+].[K+].[K+].[K+].[K+].[K+].[K+].[K+].[K+].[K+].[K+].[K+].[K+].[K+].[K+].[K+].[K+].[K+].[K+].[K+].[K+].[K+].[K+].[K+].[K+].[K+].[K+].[K+].[K+].[K+].[K+].[K+].[K+].[K+].[K+].[K+].[K+].[K+].[K+].[K+].[K+].[K+].[K+].[K+].[K+].[K+].[K+].[K+].[K+].[K+].[K+].[K+].[K+].[K+].[K+].[K+].[K+].[K+].[K+].[K+].[K+].[K+].[K+].[K+].[K+].[K+].[K+].[K+].[K+].[K+].[K+].[K+].[K+].[K+].[K+].[K+].[K+].[K+].[K+].[K+].[K+]. The van der Waals surface area contributed by atoms with Crippen molar-refractivity contribution in [2.24, 2.45) is 0 Å². The van der Waals surface area contributed by atoms with Gasteiger partial charge in [0.1, 0.15) is 0 Å². The normalized spacial score (nSPS) is 0. The predicted octanol–water partition coefficient (Wildman–Crippen LogP) is -293. The number of rotatable bonds is 0. The van der Waals surface area contributed by atoms with Crippen LogP contribution in [-0.2, 0) is 0 Å². The second-order valence-corrected chi connectivity index (χ2v) is 0. The minimum Gasteiger partial charge on any atom is -0.147 e. The van der Waals surface area contributed by atoms with E-state index >= 15 is 0 Å². The van der Waals surface area contributed by atoms with Gasteiger partial charge in [-0.1, -0.05) is 0 Å². The Kier molecular flexibility index (Phi) is 4980. The molecule has 0 fully saturated rings. The Balaban J connectivity index is 0. The first-order valence-electron chi connectivity index (χ1n) is 0. The Hall–Kier alpha value is 164. The molecule has 0 radical (unpaired) electrons. The topological polar surface area (TPSA) is 0 Å². The van der Waals surface area contributed by atoms with Crippen LogP contribution in [0.25, 0.3) is 0 Å². The maximum atomic E-state index is 0. The summed E-state index contributed by atoms with van der Waals surface area (Å²) in [6.45, 7) is 0. The monoisotopic (exact) mass is 4150 g/mol. The maximum absolute atomic E-state index is 0. The third-order valence-electron chi connectivity index (χ3n) is 0. The second kappa shape index (κ2) is 726. The van der Waals surface area contributed by atoms with Crippen molar-refractivity contribution in [1.29, 1.82) is 0 Å². The van der Waals surface area contributed by atoms with Gasteiger partial charge in [-0.3, -0.25) is 0 Å². The van der Waals surface area contributed by atoms with Gasteiger partial charge >= 0.3 is 5090 Å². The molecule has 0 bridgehead atoms. The van der Waals surface area contributed by atoms with Crippen LogP contribution in [0.4, 0.5) is 0 Å². The van der Waals surface area contributed by atoms with Gasteiger partial charge in [0.2, 0.25) is 0 Å². The van der Waals surface area contributed by atoms with Gasteiger partial charge in [-0.25, -0.2) is 0 Å². The summed E-state index contributed by atoms with van der Waals surface area (Å²) in [4.78, 5) is 0. The van der Waals surface area contributed by atoms with Gasteiger partial charge < -0.3 is 0 Å². The zero-order chi connectivity index (χ0) is 0. The van der Waals surface area contributed by atoms with Crippen LogP contribution in [-0.4, -0.2) is 0 Å². The summed E-state index contributed by atoms with van der Waals surface area (Å²) in [6, 6.07) is 0. The molecule has 0 saturated heterocycles. The molecule has 107 heavy (non-hydrogen) atoms. The molecule has 0 aromatic carbocycles. The number of hydrogen-bond acceptors (Lipinski definition) is 0. The Morgan fingerprint density at radius 3 is 0.0187 bits per heavy atom. The van der Waals surface area contributed by atoms with Crippen LogP contribution in [0.5, 0.6) is 0 Å². The van der Waals surface area contributed by atoms with Crippen molar-refractivity contribution in [3.63, 3.8) is 0 Å². The third kappa shape index (κ3) is 721. The fourth-order valence-electron chi connectivity index (χ4n) is 0. The van der Waals surface area contributed by atoms with Gasteiger partial charge in [-0.05, 0) is 0 Å². The molecular formula is H8Cl8K99+99. The summed E-state index contributed by atoms with van der Waals surface area (Å²) in [5, 5.41) is 0. The molecule has 0 aliphatic carbocycles. The van der Waals surface area contributed by atoms with Crippen LogP contribution >= 0.6 is 99.3 Å². The van der Waals surface area contributed by atoms with E-state index in [9.17, 15) is 0 Å². The molecule has 0 unspecified atom stereocenters. The molecule has 0 heterocycles. The van der Waals surface area contributed by atoms with Crippen molar-refractivity contribution in [2.75, 3.05) is 0 Å². The van der Waals surface area contributed by atoms with Gasteiger partial charge in [-0.2, -0.15) is 0 Å². The Labute approximate surface area is 4940 Å². The third-order valence-corrected chi connectivity index (χ3v) is 0. The second-order valence-electron chi connectivity index (χ2n) is 0. The molecule has 0 aliphatic rings. The van der Waals surface area contributed by atoms with Crippen LogP contribution < -0.4 is 5090 Å². The first-order valence-corrected chi connectivity index (χ1v) is 0. The van der Waals surface area contributed by atoms with Crippen LogP contribution in [0.15, 0.2) is 0 Å². The first kappa shape index (κ1) is 734. The summed E-state index contributed by atoms with van der Waals surface area (Å²) in [7, 11) is 0. The fourth-order valence-corrected chi connectivity index (χ4v) is 0. The number of hydrogen-bond donors (Lipinski definition) is 0.